The molecular formula is C16H26N2O2. The van der Waals surface area contributed by atoms with Crippen LogP contribution in [0.2, 0.25) is 0 Å². The fourth-order valence-corrected chi connectivity index (χ4v) is 3.19. The fourth-order valence-electron chi connectivity index (χ4n) is 3.19. The molecule has 0 radical (unpaired) electrons. The van der Waals surface area contributed by atoms with Crippen LogP contribution in [0.5, 0.6) is 0 Å². The maximum Gasteiger partial charge on any atom is 0.257 e. The second-order valence-electron chi connectivity index (χ2n) is 6.48. The Kier molecular flexibility index (Phi) is 4.23. The third-order valence-corrected chi connectivity index (χ3v) is 4.41. The molecule has 0 unspecified atom stereocenters. The summed E-state index contributed by atoms with van der Waals surface area (Å²) in [6, 6.07) is 2.29. The fraction of sp³-hybridized carbons (Fsp3) is 0.688. The third-order valence-electron chi connectivity index (χ3n) is 4.41. The molecule has 2 heterocycles. The SMILES string of the molecule is Cc1cc(C(=O)N2C[C@@H](N(C)C)[C@H](C(C)C)C2)c(C)o1. The van der Waals surface area contributed by atoms with Crippen molar-refractivity contribution >= 4 is 5.91 Å². The zero-order chi connectivity index (χ0) is 15.0. The largest absolute Gasteiger partial charge is 0.466 e. The maximum atomic E-state index is 12.7. The van der Waals surface area contributed by atoms with E-state index in [1.54, 1.807) is 0 Å². The van der Waals surface area contributed by atoms with Crippen LogP contribution in [-0.4, -0.2) is 48.9 Å². The number of aryl methyl sites for hydroxylation is 2. The molecule has 4 heteroatoms. The van der Waals surface area contributed by atoms with Crippen LogP contribution >= 0.6 is 0 Å². The number of nitrogens with zero attached hydrogens (tertiary/aromatic N) is 2. The predicted molar refractivity (Wildman–Crippen MR) is 79.9 cm³/mol. The first-order valence-electron chi connectivity index (χ1n) is 7.34. The number of furan rings is 1. The van der Waals surface area contributed by atoms with Gasteiger partial charge in [-0.1, -0.05) is 13.8 Å². The van der Waals surface area contributed by atoms with Crippen LogP contribution in [0.3, 0.4) is 0 Å². The Hall–Kier alpha value is -1.29. The molecule has 2 atom stereocenters. The van der Waals surface area contributed by atoms with Crippen LogP contribution in [0.1, 0.15) is 35.7 Å². The predicted octanol–water partition coefficient (Wildman–Crippen LogP) is 2.55. The van der Waals surface area contributed by atoms with E-state index in [9.17, 15) is 4.79 Å². The number of hydrogen-bond donors (Lipinski definition) is 0. The van der Waals surface area contributed by atoms with Gasteiger partial charge < -0.3 is 14.2 Å². The van der Waals surface area contributed by atoms with Crippen molar-refractivity contribution < 1.29 is 9.21 Å². The van der Waals surface area contributed by atoms with Gasteiger partial charge in [0.2, 0.25) is 0 Å². The molecule has 0 saturated carbocycles. The van der Waals surface area contributed by atoms with Gasteiger partial charge in [-0.05, 0) is 45.8 Å². The Morgan fingerprint density at radius 3 is 2.40 bits per heavy atom. The van der Waals surface area contributed by atoms with Crippen molar-refractivity contribution in [3.63, 3.8) is 0 Å². The maximum absolute atomic E-state index is 12.7. The van der Waals surface area contributed by atoms with Gasteiger partial charge in [-0.3, -0.25) is 4.79 Å². The minimum Gasteiger partial charge on any atom is -0.466 e. The zero-order valence-electron chi connectivity index (χ0n) is 13.4. The van der Waals surface area contributed by atoms with Gasteiger partial charge in [0.15, 0.2) is 0 Å². The number of likely N-dealkylation sites (N-methyl/N-ethyl adjacent to an activating group) is 1. The Morgan fingerprint density at radius 1 is 1.35 bits per heavy atom. The highest BCUT2D eigenvalue weighted by Gasteiger charge is 2.38. The summed E-state index contributed by atoms with van der Waals surface area (Å²) >= 11 is 0. The van der Waals surface area contributed by atoms with E-state index in [2.05, 4.69) is 32.8 Å². The van der Waals surface area contributed by atoms with Crippen LogP contribution in [0, 0.1) is 25.7 Å². The Morgan fingerprint density at radius 2 is 2.00 bits per heavy atom. The Bertz CT molecular complexity index is 475. The molecule has 0 spiro atoms. The summed E-state index contributed by atoms with van der Waals surface area (Å²) in [5.74, 6) is 2.74. The van der Waals surface area contributed by atoms with Crippen LogP contribution < -0.4 is 0 Å². The minimum atomic E-state index is 0.106. The van der Waals surface area contributed by atoms with Gasteiger partial charge in [-0.25, -0.2) is 0 Å². The van der Waals surface area contributed by atoms with Crippen molar-refractivity contribution in [2.24, 2.45) is 11.8 Å². The summed E-state index contributed by atoms with van der Waals surface area (Å²) in [6.45, 7) is 9.86. The Balaban J connectivity index is 2.18. The Labute approximate surface area is 121 Å². The molecule has 0 aliphatic carbocycles. The van der Waals surface area contributed by atoms with Crippen LogP contribution in [0.4, 0.5) is 0 Å². The van der Waals surface area contributed by atoms with Crippen molar-refractivity contribution in [1.29, 1.82) is 0 Å². The van der Waals surface area contributed by atoms with Gasteiger partial charge in [0.05, 0.1) is 5.56 Å². The second kappa shape index (κ2) is 5.60. The van der Waals surface area contributed by atoms with E-state index in [4.69, 9.17) is 4.42 Å². The molecule has 0 aromatic carbocycles. The number of likely N-dealkylation sites (tertiary alicyclic amines) is 1. The van der Waals surface area contributed by atoms with E-state index in [1.165, 1.54) is 0 Å². The summed E-state index contributed by atoms with van der Waals surface area (Å²) in [5.41, 5.74) is 0.712. The van der Waals surface area contributed by atoms with Gasteiger partial charge in [-0.2, -0.15) is 0 Å². The quantitative estimate of drug-likeness (QED) is 0.852. The molecule has 20 heavy (non-hydrogen) atoms. The van der Waals surface area contributed by atoms with Gasteiger partial charge in [0.1, 0.15) is 11.5 Å². The highest BCUT2D eigenvalue weighted by atomic mass is 16.3. The summed E-state index contributed by atoms with van der Waals surface area (Å²) in [5, 5.41) is 0. The molecule has 1 amide bonds. The van der Waals surface area contributed by atoms with E-state index in [0.717, 1.165) is 24.6 Å². The molecule has 112 valence electrons. The number of amides is 1. The molecular weight excluding hydrogens is 252 g/mol. The van der Waals surface area contributed by atoms with Crippen molar-refractivity contribution in [3.8, 4) is 0 Å². The summed E-state index contributed by atoms with van der Waals surface area (Å²) in [6.07, 6.45) is 0. The zero-order valence-corrected chi connectivity index (χ0v) is 13.4. The minimum absolute atomic E-state index is 0.106. The van der Waals surface area contributed by atoms with Crippen molar-refractivity contribution in [2.45, 2.75) is 33.7 Å². The lowest BCUT2D eigenvalue weighted by Crippen LogP contribution is -2.37. The molecule has 1 aromatic rings. The normalized spacial score (nSPS) is 23.1. The molecule has 0 N–H and O–H groups in total. The molecule has 1 aliphatic heterocycles. The van der Waals surface area contributed by atoms with Crippen LogP contribution in [0.25, 0.3) is 0 Å². The molecule has 1 fully saturated rings. The van der Waals surface area contributed by atoms with E-state index >= 15 is 0 Å². The van der Waals surface area contributed by atoms with Gasteiger partial charge in [0, 0.05) is 19.1 Å². The summed E-state index contributed by atoms with van der Waals surface area (Å²) < 4.78 is 5.49. The van der Waals surface area contributed by atoms with Crippen molar-refractivity contribution in [2.75, 3.05) is 27.2 Å². The number of carbonyl (C=O) groups excluding carboxylic acids is 1. The molecule has 1 aliphatic rings. The lowest BCUT2D eigenvalue weighted by molar-refractivity contribution is 0.0778. The van der Waals surface area contributed by atoms with E-state index in [-0.39, 0.29) is 5.91 Å². The van der Waals surface area contributed by atoms with Crippen LogP contribution in [0.15, 0.2) is 10.5 Å². The molecule has 1 saturated heterocycles. The number of hydrogen-bond acceptors (Lipinski definition) is 3. The number of carbonyl (C=O) groups is 1. The number of rotatable bonds is 3. The van der Waals surface area contributed by atoms with E-state index in [1.807, 2.05) is 24.8 Å². The first-order chi connectivity index (χ1) is 9.31. The topological polar surface area (TPSA) is 36.7 Å². The standard InChI is InChI=1S/C16H26N2O2/c1-10(2)14-8-18(9-15(14)17(5)6)16(19)13-7-11(3)20-12(13)4/h7,10,14-15H,8-9H2,1-6H3/t14-,15+/m0/s1. The highest BCUT2D eigenvalue weighted by molar-refractivity contribution is 5.95. The summed E-state index contributed by atoms with van der Waals surface area (Å²) in [7, 11) is 4.20. The third kappa shape index (κ3) is 2.75. The monoisotopic (exact) mass is 278 g/mol. The lowest BCUT2D eigenvalue weighted by atomic mass is 9.91. The second-order valence-corrected chi connectivity index (χ2v) is 6.48. The average Bonchev–Trinajstić information content (AvgIpc) is 2.92. The average molecular weight is 278 g/mol. The van der Waals surface area contributed by atoms with Gasteiger partial charge in [-0.15, -0.1) is 0 Å². The molecule has 0 bridgehead atoms. The van der Waals surface area contributed by atoms with E-state index < -0.39 is 0 Å². The van der Waals surface area contributed by atoms with Gasteiger partial charge >= 0.3 is 0 Å². The molecule has 1 aromatic heterocycles. The first-order valence-corrected chi connectivity index (χ1v) is 7.34. The first kappa shape index (κ1) is 15.1. The highest BCUT2D eigenvalue weighted by Crippen LogP contribution is 2.29. The van der Waals surface area contributed by atoms with Gasteiger partial charge in [0.25, 0.3) is 5.91 Å². The van der Waals surface area contributed by atoms with Crippen LogP contribution in [-0.2, 0) is 0 Å². The van der Waals surface area contributed by atoms with E-state index in [0.29, 0.717) is 23.4 Å². The molecule has 4 nitrogen and oxygen atoms in total. The smallest absolute Gasteiger partial charge is 0.257 e. The molecule has 2 rings (SSSR count). The van der Waals surface area contributed by atoms with Crippen molar-refractivity contribution in [3.05, 3.63) is 23.2 Å². The van der Waals surface area contributed by atoms with Crippen molar-refractivity contribution in [1.82, 2.24) is 9.80 Å². The lowest BCUT2D eigenvalue weighted by Gasteiger charge is -2.27. The summed E-state index contributed by atoms with van der Waals surface area (Å²) in [4.78, 5) is 16.9.